The molecule has 1 aliphatic rings. The molecule has 0 saturated carbocycles. The summed E-state index contributed by atoms with van der Waals surface area (Å²) in [5, 5.41) is 0.345. The number of hydrogen-bond donors (Lipinski definition) is 0. The molecule has 5 aromatic rings. The number of carbonyl (C=O) groups excluding carboxylic acids is 1. The molecular formula is C41H47N3O10S2. The van der Waals surface area contributed by atoms with E-state index in [1.807, 2.05) is 27.7 Å². The van der Waals surface area contributed by atoms with E-state index in [4.69, 9.17) is 18.9 Å². The molecule has 1 amide bonds. The van der Waals surface area contributed by atoms with Gasteiger partial charge in [-0.25, -0.2) is 25.6 Å². The molecule has 3 aromatic carbocycles. The van der Waals surface area contributed by atoms with Gasteiger partial charge in [0.05, 0.1) is 23.4 Å². The molecule has 0 radical (unpaired) electrons. The second-order valence-electron chi connectivity index (χ2n) is 15.0. The Balaban J connectivity index is 1.22. The van der Waals surface area contributed by atoms with Crippen molar-refractivity contribution in [3.63, 3.8) is 0 Å². The average Bonchev–Trinajstić information content (AvgIpc) is 3.58. The first kappa shape index (κ1) is 40.5. The van der Waals surface area contributed by atoms with E-state index >= 15 is 0 Å². The van der Waals surface area contributed by atoms with E-state index in [1.54, 1.807) is 71.8 Å². The average molecular weight is 806 g/mol. The quantitative estimate of drug-likeness (QED) is 0.125. The third kappa shape index (κ3) is 9.63. The number of hydrogen-bond acceptors (Lipinski definition) is 10. The minimum atomic E-state index is -4.15. The number of sulfone groups is 1. The predicted octanol–water partition coefficient (Wildman–Crippen LogP) is 6.68. The van der Waals surface area contributed by atoms with E-state index in [1.165, 1.54) is 29.9 Å². The van der Waals surface area contributed by atoms with Crippen molar-refractivity contribution in [3.8, 4) is 28.4 Å². The maximum atomic E-state index is 13.8. The Kier molecular flexibility index (Phi) is 11.7. The highest BCUT2D eigenvalue weighted by atomic mass is 32.2. The van der Waals surface area contributed by atoms with Gasteiger partial charge >= 0.3 is 6.09 Å². The van der Waals surface area contributed by atoms with Crippen molar-refractivity contribution < 1.29 is 40.6 Å². The Morgan fingerprint density at radius 3 is 2.25 bits per heavy atom. The monoisotopic (exact) mass is 805 g/mol. The molecule has 2 aromatic heterocycles. The number of pyridine rings is 1. The van der Waals surface area contributed by atoms with Crippen LogP contribution in [0.1, 0.15) is 44.7 Å². The molecule has 3 heterocycles. The number of benzene rings is 3. The molecule has 15 heteroatoms. The lowest BCUT2D eigenvalue weighted by Crippen LogP contribution is -2.43. The molecule has 0 aliphatic carbocycles. The van der Waals surface area contributed by atoms with E-state index in [2.05, 4.69) is 0 Å². The molecule has 0 spiro atoms. The first-order valence-corrected chi connectivity index (χ1v) is 21.7. The number of piperidine rings is 1. The smallest absolute Gasteiger partial charge is 0.410 e. The van der Waals surface area contributed by atoms with E-state index in [-0.39, 0.29) is 35.0 Å². The SMILES string of the molecule is Cc1ccc(S(=O)(=O)n2ccc3c(-c4cc(CS(C)(=O)=O)ccc4Oc4cccc(OCCOC5CCN(C(=O)OC(C)(C)C)CC5)c4)cn(C)c(=O)c32)cc1. The molecule has 56 heavy (non-hydrogen) atoms. The summed E-state index contributed by atoms with van der Waals surface area (Å²) in [6.07, 6.45) is 5.16. The zero-order valence-electron chi connectivity index (χ0n) is 32.4. The van der Waals surface area contributed by atoms with Crippen molar-refractivity contribution in [3.05, 3.63) is 107 Å². The van der Waals surface area contributed by atoms with Gasteiger partial charge in [-0.15, -0.1) is 0 Å². The molecule has 0 atom stereocenters. The van der Waals surface area contributed by atoms with Gasteiger partial charge in [-0.05, 0) is 88.6 Å². The van der Waals surface area contributed by atoms with Crippen LogP contribution in [0, 0.1) is 6.92 Å². The molecule has 13 nitrogen and oxygen atoms in total. The van der Waals surface area contributed by atoms with Crippen molar-refractivity contribution >= 4 is 36.9 Å². The second-order valence-corrected chi connectivity index (χ2v) is 19.0. The Hall–Kier alpha value is -5.12. The highest BCUT2D eigenvalue weighted by molar-refractivity contribution is 7.90. The third-order valence-corrected chi connectivity index (χ3v) is 11.7. The van der Waals surface area contributed by atoms with Gasteiger partial charge in [0.15, 0.2) is 9.84 Å². The summed E-state index contributed by atoms with van der Waals surface area (Å²) < 4.78 is 78.5. The molecule has 0 N–H and O–H groups in total. The van der Waals surface area contributed by atoms with Crippen LogP contribution in [0.4, 0.5) is 4.79 Å². The lowest BCUT2D eigenvalue weighted by Gasteiger charge is -2.33. The molecule has 1 saturated heterocycles. The Morgan fingerprint density at radius 1 is 0.875 bits per heavy atom. The van der Waals surface area contributed by atoms with Crippen molar-refractivity contribution in [2.24, 2.45) is 7.05 Å². The van der Waals surface area contributed by atoms with Crippen LogP contribution >= 0.6 is 0 Å². The van der Waals surface area contributed by atoms with Gasteiger partial charge in [-0.1, -0.05) is 29.8 Å². The van der Waals surface area contributed by atoms with Crippen molar-refractivity contribution in [1.29, 1.82) is 0 Å². The topological polar surface area (TPSA) is 152 Å². The van der Waals surface area contributed by atoms with Crippen LogP contribution in [0.3, 0.4) is 0 Å². The maximum absolute atomic E-state index is 13.8. The first-order chi connectivity index (χ1) is 26.4. The van der Waals surface area contributed by atoms with E-state index in [0.717, 1.165) is 15.8 Å². The van der Waals surface area contributed by atoms with Gasteiger partial charge in [0.1, 0.15) is 35.0 Å². The molecule has 1 aliphatic heterocycles. The molecular weight excluding hydrogens is 759 g/mol. The van der Waals surface area contributed by atoms with Crippen molar-refractivity contribution in [2.75, 3.05) is 32.6 Å². The number of likely N-dealkylation sites (tertiary alicyclic amines) is 1. The zero-order valence-corrected chi connectivity index (χ0v) is 34.0. The van der Waals surface area contributed by atoms with Crippen LogP contribution < -0.4 is 15.0 Å². The highest BCUT2D eigenvalue weighted by Gasteiger charge is 2.28. The minimum Gasteiger partial charge on any atom is -0.491 e. The fraction of sp³-hybridized carbons (Fsp3) is 0.366. The van der Waals surface area contributed by atoms with Crippen LogP contribution in [0.25, 0.3) is 22.0 Å². The second kappa shape index (κ2) is 16.2. The Morgan fingerprint density at radius 2 is 1.57 bits per heavy atom. The zero-order chi connectivity index (χ0) is 40.4. The summed E-state index contributed by atoms with van der Waals surface area (Å²) in [5.74, 6) is 1.06. The lowest BCUT2D eigenvalue weighted by atomic mass is 10.0. The maximum Gasteiger partial charge on any atom is 0.410 e. The van der Waals surface area contributed by atoms with E-state index in [9.17, 15) is 26.4 Å². The fourth-order valence-electron chi connectivity index (χ4n) is 6.50. The molecule has 1 fully saturated rings. The fourth-order valence-corrected chi connectivity index (χ4v) is 8.63. The number of ether oxygens (including phenoxy) is 4. The van der Waals surface area contributed by atoms with Gasteiger partial charge in [0.25, 0.3) is 15.6 Å². The predicted molar refractivity (Wildman–Crippen MR) is 214 cm³/mol. The summed E-state index contributed by atoms with van der Waals surface area (Å²) in [7, 11) is -6.04. The van der Waals surface area contributed by atoms with Crippen molar-refractivity contribution in [2.45, 2.75) is 62.9 Å². The Bertz CT molecular complexity index is 2510. The Labute approximate surface area is 327 Å². The molecule has 6 rings (SSSR count). The van der Waals surface area contributed by atoms with Crippen LogP contribution in [-0.2, 0) is 42.1 Å². The van der Waals surface area contributed by atoms with Gasteiger partial charge in [0.2, 0.25) is 0 Å². The van der Waals surface area contributed by atoms with Crippen LogP contribution in [-0.4, -0.2) is 80.6 Å². The number of carbonyl (C=O) groups is 1. The van der Waals surface area contributed by atoms with Crippen molar-refractivity contribution in [1.82, 2.24) is 13.4 Å². The van der Waals surface area contributed by atoms with Gasteiger partial charge in [0, 0.05) is 61.4 Å². The normalized spacial score (nSPS) is 14.2. The molecule has 0 bridgehead atoms. The number of fused-ring (bicyclic) bond motifs is 1. The number of aromatic nitrogens is 2. The summed E-state index contributed by atoms with van der Waals surface area (Å²) in [6, 6.07) is 19.9. The summed E-state index contributed by atoms with van der Waals surface area (Å²) in [4.78, 5) is 27.7. The van der Waals surface area contributed by atoms with Crippen LogP contribution in [0.2, 0.25) is 0 Å². The van der Waals surface area contributed by atoms with Crippen LogP contribution in [0.15, 0.2) is 94.9 Å². The molecule has 298 valence electrons. The first-order valence-electron chi connectivity index (χ1n) is 18.2. The number of rotatable bonds is 12. The van der Waals surface area contributed by atoms with Gasteiger partial charge in [-0.2, -0.15) is 0 Å². The number of nitrogens with zero attached hydrogens (tertiary/aromatic N) is 3. The number of amides is 1. The number of aryl methyl sites for hydroxylation is 2. The molecule has 0 unspecified atom stereocenters. The van der Waals surface area contributed by atoms with Crippen LogP contribution in [0.5, 0.6) is 17.2 Å². The summed E-state index contributed by atoms with van der Waals surface area (Å²) >= 11 is 0. The highest BCUT2D eigenvalue weighted by Crippen LogP contribution is 2.39. The van der Waals surface area contributed by atoms with Gasteiger partial charge in [-0.3, -0.25) is 4.79 Å². The van der Waals surface area contributed by atoms with Gasteiger partial charge < -0.3 is 28.4 Å². The third-order valence-electron chi connectivity index (χ3n) is 9.16. The largest absolute Gasteiger partial charge is 0.491 e. The lowest BCUT2D eigenvalue weighted by molar-refractivity contribution is -0.0177. The summed E-state index contributed by atoms with van der Waals surface area (Å²) in [6.45, 7) is 9.12. The van der Waals surface area contributed by atoms with E-state index in [0.29, 0.717) is 71.9 Å². The summed E-state index contributed by atoms with van der Waals surface area (Å²) in [5.41, 5.74) is 1.15. The standard InChI is InChI=1S/C41H47N3O10S2/c1-28-10-13-33(14-11-28)56(49,50)44-21-18-34-36(26-42(5)39(45)38(34)44)35-24-29(27-55(6,47)48)12-15-37(35)53-32-9-7-8-31(25-32)52-23-22-51-30-16-19-43(20-17-30)40(46)54-41(2,3)4/h7-15,18,21,24-26,30H,16-17,19-20,22-23,27H2,1-6H3. The van der Waals surface area contributed by atoms with E-state index < -0.39 is 31.0 Å². The minimum absolute atomic E-state index is 0.000361.